The second-order valence-corrected chi connectivity index (χ2v) is 3.76. The Kier molecular flexibility index (Phi) is 5.34. The van der Waals surface area contributed by atoms with Gasteiger partial charge in [0, 0.05) is 6.08 Å². The lowest BCUT2D eigenvalue weighted by atomic mass is 10.0. The van der Waals surface area contributed by atoms with Crippen molar-refractivity contribution in [2.45, 2.75) is 26.2 Å². The number of ether oxygens (including phenoxy) is 1. The SMILES string of the molecule is C=CC(=O)OCCCCc1ccccc1C. The minimum absolute atomic E-state index is 0.337. The van der Waals surface area contributed by atoms with Crippen molar-refractivity contribution < 1.29 is 9.53 Å². The van der Waals surface area contributed by atoms with Crippen molar-refractivity contribution in [2.75, 3.05) is 6.61 Å². The highest BCUT2D eigenvalue weighted by Crippen LogP contribution is 2.10. The fourth-order valence-electron chi connectivity index (χ4n) is 1.54. The maximum atomic E-state index is 10.8. The number of aryl methyl sites for hydroxylation is 2. The van der Waals surface area contributed by atoms with E-state index < -0.39 is 0 Å². The third kappa shape index (κ3) is 4.30. The number of carbonyl (C=O) groups excluding carboxylic acids is 1. The van der Waals surface area contributed by atoms with Crippen LogP contribution < -0.4 is 0 Å². The zero-order valence-electron chi connectivity index (χ0n) is 9.74. The van der Waals surface area contributed by atoms with Crippen LogP contribution in [0.15, 0.2) is 36.9 Å². The summed E-state index contributed by atoms with van der Waals surface area (Å²) in [7, 11) is 0. The molecule has 0 aliphatic carbocycles. The molecule has 0 atom stereocenters. The van der Waals surface area contributed by atoms with E-state index in [1.807, 2.05) is 6.07 Å². The predicted octanol–water partition coefficient (Wildman–Crippen LogP) is 3.05. The predicted molar refractivity (Wildman–Crippen MR) is 65.3 cm³/mol. The molecule has 2 heteroatoms. The molecule has 0 saturated heterocycles. The van der Waals surface area contributed by atoms with Crippen LogP contribution in [-0.4, -0.2) is 12.6 Å². The first-order valence-corrected chi connectivity index (χ1v) is 5.57. The number of hydrogen-bond acceptors (Lipinski definition) is 2. The van der Waals surface area contributed by atoms with Crippen LogP contribution in [0, 0.1) is 6.92 Å². The quantitative estimate of drug-likeness (QED) is 0.417. The highest BCUT2D eigenvalue weighted by Gasteiger charge is 1.98. The van der Waals surface area contributed by atoms with Crippen LogP contribution in [-0.2, 0) is 16.0 Å². The molecule has 86 valence electrons. The van der Waals surface area contributed by atoms with Crippen molar-refractivity contribution in [3.05, 3.63) is 48.0 Å². The van der Waals surface area contributed by atoms with E-state index in [-0.39, 0.29) is 5.97 Å². The molecule has 0 radical (unpaired) electrons. The van der Waals surface area contributed by atoms with Crippen LogP contribution in [0.2, 0.25) is 0 Å². The van der Waals surface area contributed by atoms with Crippen molar-refractivity contribution in [1.29, 1.82) is 0 Å². The second-order valence-electron chi connectivity index (χ2n) is 3.76. The summed E-state index contributed by atoms with van der Waals surface area (Å²) in [5, 5.41) is 0. The van der Waals surface area contributed by atoms with Crippen molar-refractivity contribution in [1.82, 2.24) is 0 Å². The fraction of sp³-hybridized carbons (Fsp3) is 0.357. The van der Waals surface area contributed by atoms with Crippen LogP contribution in [0.1, 0.15) is 24.0 Å². The maximum Gasteiger partial charge on any atom is 0.330 e. The average molecular weight is 218 g/mol. The lowest BCUT2D eigenvalue weighted by Gasteiger charge is -2.05. The lowest BCUT2D eigenvalue weighted by Crippen LogP contribution is -2.02. The van der Waals surface area contributed by atoms with E-state index in [1.54, 1.807) is 0 Å². The molecule has 1 rings (SSSR count). The van der Waals surface area contributed by atoms with E-state index in [4.69, 9.17) is 4.74 Å². The van der Waals surface area contributed by atoms with Crippen LogP contribution in [0.4, 0.5) is 0 Å². The molecule has 0 unspecified atom stereocenters. The van der Waals surface area contributed by atoms with Gasteiger partial charge in [-0.1, -0.05) is 30.8 Å². The average Bonchev–Trinajstić information content (AvgIpc) is 2.30. The van der Waals surface area contributed by atoms with Crippen LogP contribution in [0.3, 0.4) is 0 Å². The van der Waals surface area contributed by atoms with Gasteiger partial charge in [0.25, 0.3) is 0 Å². The Hall–Kier alpha value is -1.57. The molecule has 1 aromatic rings. The molecule has 0 saturated carbocycles. The van der Waals surface area contributed by atoms with E-state index in [2.05, 4.69) is 31.7 Å². The van der Waals surface area contributed by atoms with Crippen molar-refractivity contribution in [3.8, 4) is 0 Å². The van der Waals surface area contributed by atoms with Gasteiger partial charge >= 0.3 is 5.97 Å². The lowest BCUT2D eigenvalue weighted by molar-refractivity contribution is -0.137. The molecule has 1 aromatic carbocycles. The number of carbonyl (C=O) groups is 1. The van der Waals surface area contributed by atoms with Gasteiger partial charge in [0.15, 0.2) is 0 Å². The summed E-state index contributed by atoms with van der Waals surface area (Å²) < 4.78 is 4.90. The summed E-state index contributed by atoms with van der Waals surface area (Å²) >= 11 is 0. The van der Waals surface area contributed by atoms with Gasteiger partial charge in [0.1, 0.15) is 0 Å². The van der Waals surface area contributed by atoms with Gasteiger partial charge in [-0.25, -0.2) is 4.79 Å². The van der Waals surface area contributed by atoms with E-state index >= 15 is 0 Å². The largest absolute Gasteiger partial charge is 0.463 e. The Labute approximate surface area is 96.9 Å². The van der Waals surface area contributed by atoms with Crippen molar-refractivity contribution in [3.63, 3.8) is 0 Å². The maximum absolute atomic E-state index is 10.8. The number of hydrogen-bond donors (Lipinski definition) is 0. The Morgan fingerprint density at radius 3 is 2.81 bits per heavy atom. The third-order valence-corrected chi connectivity index (χ3v) is 2.51. The molecular formula is C14H18O2. The van der Waals surface area contributed by atoms with Crippen LogP contribution >= 0.6 is 0 Å². The molecule has 0 aliphatic heterocycles. The molecule has 2 nitrogen and oxygen atoms in total. The third-order valence-electron chi connectivity index (χ3n) is 2.51. The minimum atomic E-state index is -0.337. The Balaban J connectivity index is 2.19. The van der Waals surface area contributed by atoms with E-state index in [0.29, 0.717) is 6.61 Å². The number of unbranched alkanes of at least 4 members (excludes halogenated alkanes) is 1. The summed E-state index contributed by atoms with van der Waals surface area (Å²) in [5.41, 5.74) is 2.70. The standard InChI is InChI=1S/C14H18O2/c1-3-14(15)16-11-7-6-10-13-9-5-4-8-12(13)2/h3-5,8-9H,1,6-7,10-11H2,2H3. The summed E-state index contributed by atoms with van der Waals surface area (Å²) in [4.78, 5) is 10.8. The number of rotatable bonds is 6. The van der Waals surface area contributed by atoms with Gasteiger partial charge < -0.3 is 4.74 Å². The van der Waals surface area contributed by atoms with Crippen molar-refractivity contribution >= 4 is 5.97 Å². The van der Waals surface area contributed by atoms with Crippen LogP contribution in [0.5, 0.6) is 0 Å². The topological polar surface area (TPSA) is 26.3 Å². The molecule has 0 fully saturated rings. The Morgan fingerprint density at radius 1 is 1.38 bits per heavy atom. The molecule has 0 N–H and O–H groups in total. The summed E-state index contributed by atoms with van der Waals surface area (Å²) in [5.74, 6) is -0.337. The fourth-order valence-corrected chi connectivity index (χ4v) is 1.54. The van der Waals surface area contributed by atoms with Gasteiger partial charge in [-0.05, 0) is 37.3 Å². The van der Waals surface area contributed by atoms with Gasteiger partial charge in [0.05, 0.1) is 6.61 Å². The molecule has 0 bridgehead atoms. The van der Waals surface area contributed by atoms with Crippen molar-refractivity contribution in [2.24, 2.45) is 0 Å². The van der Waals surface area contributed by atoms with Gasteiger partial charge in [-0.3, -0.25) is 0 Å². The monoisotopic (exact) mass is 218 g/mol. The van der Waals surface area contributed by atoms with Crippen LogP contribution in [0.25, 0.3) is 0 Å². The molecule has 0 aromatic heterocycles. The first kappa shape index (κ1) is 12.5. The highest BCUT2D eigenvalue weighted by atomic mass is 16.5. The first-order valence-electron chi connectivity index (χ1n) is 5.57. The molecular weight excluding hydrogens is 200 g/mol. The minimum Gasteiger partial charge on any atom is -0.463 e. The van der Waals surface area contributed by atoms with Gasteiger partial charge in [-0.2, -0.15) is 0 Å². The molecule has 0 amide bonds. The van der Waals surface area contributed by atoms with E-state index in [0.717, 1.165) is 19.3 Å². The summed E-state index contributed by atoms with van der Waals surface area (Å²) in [6, 6.07) is 8.36. The number of benzene rings is 1. The normalized spacial score (nSPS) is 9.81. The molecule has 0 heterocycles. The van der Waals surface area contributed by atoms with Gasteiger partial charge in [0.2, 0.25) is 0 Å². The molecule has 0 spiro atoms. The number of esters is 1. The van der Waals surface area contributed by atoms with E-state index in [9.17, 15) is 4.79 Å². The highest BCUT2D eigenvalue weighted by molar-refractivity contribution is 5.81. The van der Waals surface area contributed by atoms with Gasteiger partial charge in [-0.15, -0.1) is 0 Å². The Morgan fingerprint density at radius 2 is 2.12 bits per heavy atom. The first-order chi connectivity index (χ1) is 7.74. The molecule has 0 aliphatic rings. The smallest absolute Gasteiger partial charge is 0.330 e. The Bertz CT molecular complexity index is 356. The second kappa shape index (κ2) is 6.83. The zero-order chi connectivity index (χ0) is 11.8. The summed E-state index contributed by atoms with van der Waals surface area (Å²) in [6.07, 6.45) is 4.17. The zero-order valence-corrected chi connectivity index (χ0v) is 9.74. The van der Waals surface area contributed by atoms with E-state index in [1.165, 1.54) is 17.2 Å². The molecule has 16 heavy (non-hydrogen) atoms. The summed E-state index contributed by atoms with van der Waals surface area (Å²) in [6.45, 7) is 5.95.